The molecule has 0 aliphatic carbocycles. The second-order valence-electron chi connectivity index (χ2n) is 4.81. The van der Waals surface area contributed by atoms with E-state index in [2.05, 4.69) is 0 Å². The summed E-state index contributed by atoms with van der Waals surface area (Å²) in [5, 5.41) is 38.3. The molecule has 3 N–H and O–H groups in total. The molecule has 0 radical (unpaired) electrons. The van der Waals surface area contributed by atoms with Crippen molar-refractivity contribution in [1.29, 1.82) is 0 Å². The molecule has 1 rings (SSSR count). The van der Waals surface area contributed by atoms with Crippen molar-refractivity contribution in [1.82, 2.24) is 4.90 Å². The van der Waals surface area contributed by atoms with E-state index in [0.717, 1.165) is 0 Å². The molecule has 1 aromatic rings. The van der Waals surface area contributed by atoms with E-state index in [1.165, 1.54) is 4.90 Å². The highest BCUT2D eigenvalue weighted by Crippen LogP contribution is 2.13. The number of rotatable bonds is 8. The first-order valence-corrected chi connectivity index (χ1v) is 6.38. The van der Waals surface area contributed by atoms with Crippen LogP contribution in [0.5, 0.6) is 0 Å². The molecule has 116 valence electrons. The Hall–Kier alpha value is -1.52. The number of benzene rings is 1. The number of hydrogen-bond acceptors (Lipinski definition) is 7. The Labute approximate surface area is 123 Å². The topological polar surface area (TPSA) is 116 Å². The van der Waals surface area contributed by atoms with E-state index in [0.29, 0.717) is 11.0 Å². The molecule has 0 amide bonds. The highest BCUT2D eigenvalue weighted by atomic mass is 16.6. The third-order valence-electron chi connectivity index (χ3n) is 2.88. The molecule has 0 saturated carbocycles. The van der Waals surface area contributed by atoms with Gasteiger partial charge in [-0.15, -0.1) is 0 Å². The Bertz CT molecular complexity index is 485. The van der Waals surface area contributed by atoms with Gasteiger partial charge in [-0.2, -0.15) is 0 Å². The van der Waals surface area contributed by atoms with Crippen molar-refractivity contribution in [2.24, 2.45) is 0 Å². The van der Waals surface area contributed by atoms with Crippen LogP contribution < -0.4 is 5.46 Å². The van der Waals surface area contributed by atoms with Gasteiger partial charge in [-0.25, -0.2) is 0 Å². The van der Waals surface area contributed by atoms with E-state index in [1.54, 1.807) is 32.2 Å². The van der Waals surface area contributed by atoms with Gasteiger partial charge in [-0.3, -0.25) is 15.0 Å². The number of hydrogen-bond donors (Lipinski definition) is 3. The van der Waals surface area contributed by atoms with Gasteiger partial charge < -0.3 is 20.0 Å². The normalized spacial score (nSPS) is 12.7. The second kappa shape index (κ2) is 8.06. The molecular weight excluding hydrogens is 279 g/mol. The minimum Gasteiger partial charge on any atom is -0.410 e. The minimum absolute atomic E-state index is 0.0242. The van der Waals surface area contributed by atoms with E-state index >= 15 is 0 Å². The zero-order chi connectivity index (χ0) is 16.0. The van der Waals surface area contributed by atoms with Gasteiger partial charge in [0.05, 0.1) is 4.92 Å². The van der Waals surface area contributed by atoms with E-state index in [-0.39, 0.29) is 26.3 Å². The minimum atomic E-state index is -1.50. The first-order chi connectivity index (χ1) is 9.81. The summed E-state index contributed by atoms with van der Waals surface area (Å²) in [7, 11) is 1.48. The molecule has 1 atom stereocenters. The van der Waals surface area contributed by atoms with Crippen LogP contribution in [0.3, 0.4) is 0 Å². The third kappa shape index (κ3) is 5.78. The van der Waals surface area contributed by atoms with Crippen LogP contribution in [-0.4, -0.2) is 65.3 Å². The largest absolute Gasteiger partial charge is 0.410 e. The Morgan fingerprint density at radius 3 is 2.62 bits per heavy atom. The Morgan fingerprint density at radius 2 is 2.05 bits per heavy atom. The molecule has 0 saturated heterocycles. The van der Waals surface area contributed by atoms with Crippen LogP contribution in [-0.2, 0) is 4.65 Å². The second-order valence-corrected chi connectivity index (χ2v) is 4.81. The van der Waals surface area contributed by atoms with Crippen LogP contribution in [0.2, 0.25) is 0 Å². The van der Waals surface area contributed by atoms with Crippen LogP contribution in [0.15, 0.2) is 18.2 Å². The summed E-state index contributed by atoms with van der Waals surface area (Å²) in [6.07, 6.45) is -2.69. The standard InChI is InChI=1S/C12H19BN2O6/c1-8-4-3-5-9(12(8)15(19)20)13-21-11(18)7-14(2)6-10(16)17/h3-5,10-11,13,16-18H,6-7H2,1-2H3/t11-/m0/s1. The van der Waals surface area contributed by atoms with Gasteiger partial charge in [-0.05, 0) is 14.0 Å². The predicted molar refractivity (Wildman–Crippen MR) is 77.4 cm³/mol. The quantitative estimate of drug-likeness (QED) is 0.230. The van der Waals surface area contributed by atoms with Crippen molar-refractivity contribution in [3.63, 3.8) is 0 Å². The van der Waals surface area contributed by atoms with Gasteiger partial charge in [0, 0.05) is 24.1 Å². The number of nitro benzene ring substituents is 1. The summed E-state index contributed by atoms with van der Waals surface area (Å²) in [6, 6.07) is 4.88. The molecule has 0 spiro atoms. The fourth-order valence-corrected chi connectivity index (χ4v) is 1.96. The van der Waals surface area contributed by atoms with Crippen molar-refractivity contribution in [3.8, 4) is 0 Å². The van der Waals surface area contributed by atoms with Crippen LogP contribution in [0.25, 0.3) is 0 Å². The summed E-state index contributed by atoms with van der Waals surface area (Å²) in [4.78, 5) is 12.0. The van der Waals surface area contributed by atoms with E-state index in [4.69, 9.17) is 14.9 Å². The lowest BCUT2D eigenvalue weighted by atomic mass is 9.85. The molecule has 0 aliphatic rings. The lowest BCUT2D eigenvalue weighted by Crippen LogP contribution is -2.38. The average Bonchev–Trinajstić information content (AvgIpc) is 2.34. The molecule has 0 unspecified atom stereocenters. The van der Waals surface area contributed by atoms with Gasteiger partial charge >= 0.3 is 7.48 Å². The van der Waals surface area contributed by atoms with Crippen LogP contribution in [0.4, 0.5) is 5.69 Å². The van der Waals surface area contributed by atoms with Gasteiger partial charge in [0.2, 0.25) is 0 Å². The number of nitro groups is 1. The van der Waals surface area contributed by atoms with Crippen molar-refractivity contribution in [2.45, 2.75) is 19.5 Å². The molecule has 1 aromatic carbocycles. The van der Waals surface area contributed by atoms with Crippen LogP contribution in [0, 0.1) is 17.0 Å². The smallest absolute Gasteiger partial charge is 0.319 e. The number of likely N-dealkylation sites (N-methyl/N-ethyl adjacent to an activating group) is 1. The average molecular weight is 298 g/mol. The molecule has 9 heteroatoms. The fourth-order valence-electron chi connectivity index (χ4n) is 1.96. The predicted octanol–water partition coefficient (Wildman–Crippen LogP) is -1.54. The lowest BCUT2D eigenvalue weighted by Gasteiger charge is -2.21. The molecule has 0 aromatic heterocycles. The highest BCUT2D eigenvalue weighted by Gasteiger charge is 2.19. The molecule has 0 fully saturated rings. The summed E-state index contributed by atoms with van der Waals surface area (Å²) in [5.74, 6) is 0. The number of nitrogens with zero attached hydrogens (tertiary/aromatic N) is 2. The first kappa shape index (κ1) is 17.5. The van der Waals surface area contributed by atoms with Gasteiger partial charge in [0.25, 0.3) is 5.69 Å². The molecule has 8 nitrogen and oxygen atoms in total. The Balaban J connectivity index is 2.59. The summed E-state index contributed by atoms with van der Waals surface area (Å²) in [5.41, 5.74) is 0.879. The molecule has 0 heterocycles. The van der Waals surface area contributed by atoms with E-state index < -0.39 is 17.5 Å². The maximum absolute atomic E-state index is 11.0. The summed E-state index contributed by atoms with van der Waals surface area (Å²) < 4.78 is 5.17. The summed E-state index contributed by atoms with van der Waals surface area (Å²) in [6.45, 7) is 1.65. The number of aliphatic hydroxyl groups is 3. The zero-order valence-corrected chi connectivity index (χ0v) is 12.0. The SMILES string of the molecule is Cc1cccc(BO[C@H](O)CN(C)CC(O)O)c1[N+](=O)[O-]. The Morgan fingerprint density at radius 1 is 1.38 bits per heavy atom. The first-order valence-electron chi connectivity index (χ1n) is 6.38. The van der Waals surface area contributed by atoms with Gasteiger partial charge in [-0.1, -0.05) is 18.2 Å². The van der Waals surface area contributed by atoms with E-state index in [9.17, 15) is 15.2 Å². The van der Waals surface area contributed by atoms with Crippen LogP contribution >= 0.6 is 0 Å². The van der Waals surface area contributed by atoms with E-state index in [1.807, 2.05) is 0 Å². The lowest BCUT2D eigenvalue weighted by molar-refractivity contribution is -0.384. The number of para-hydroxylation sites is 1. The van der Waals surface area contributed by atoms with Crippen molar-refractivity contribution in [2.75, 3.05) is 20.1 Å². The monoisotopic (exact) mass is 298 g/mol. The maximum atomic E-state index is 11.0. The van der Waals surface area contributed by atoms with Crippen molar-refractivity contribution >= 4 is 18.6 Å². The zero-order valence-electron chi connectivity index (χ0n) is 12.0. The van der Waals surface area contributed by atoms with Crippen molar-refractivity contribution < 1.29 is 24.9 Å². The molecule has 21 heavy (non-hydrogen) atoms. The fraction of sp³-hybridized carbons (Fsp3) is 0.500. The third-order valence-corrected chi connectivity index (χ3v) is 2.88. The Kier molecular flexibility index (Phi) is 6.73. The highest BCUT2D eigenvalue weighted by molar-refractivity contribution is 6.49. The van der Waals surface area contributed by atoms with Crippen LogP contribution in [0.1, 0.15) is 5.56 Å². The molecular formula is C12H19BN2O6. The summed E-state index contributed by atoms with van der Waals surface area (Å²) >= 11 is 0. The number of aryl methyl sites for hydroxylation is 1. The molecule has 0 aliphatic heterocycles. The maximum Gasteiger partial charge on any atom is 0.319 e. The van der Waals surface area contributed by atoms with Crippen molar-refractivity contribution in [3.05, 3.63) is 33.9 Å². The number of aliphatic hydroxyl groups excluding tert-OH is 2. The molecule has 0 bridgehead atoms. The van der Waals surface area contributed by atoms with Gasteiger partial charge in [0.1, 0.15) is 0 Å². The van der Waals surface area contributed by atoms with Gasteiger partial charge in [0.15, 0.2) is 12.6 Å².